The van der Waals surface area contributed by atoms with E-state index in [-0.39, 0.29) is 18.1 Å². The molecule has 1 atom stereocenters. The van der Waals surface area contributed by atoms with Gasteiger partial charge in [0.15, 0.2) is 0 Å². The molecule has 1 unspecified atom stereocenters. The van der Waals surface area contributed by atoms with Crippen molar-refractivity contribution in [3.63, 3.8) is 0 Å². The van der Waals surface area contributed by atoms with Crippen LogP contribution in [0.1, 0.15) is 37.7 Å². The van der Waals surface area contributed by atoms with Crippen molar-refractivity contribution in [3.05, 3.63) is 35.4 Å². The maximum Gasteiger partial charge on any atom is 0.210 e. The van der Waals surface area contributed by atoms with Crippen LogP contribution >= 0.6 is 0 Å². The Morgan fingerprint density at radius 3 is 2.62 bits per heavy atom. The minimum Gasteiger partial charge on any atom is -0.392 e. The highest BCUT2D eigenvalue weighted by molar-refractivity contribution is 6.74. The second-order valence-corrected chi connectivity index (χ2v) is 4.45. The Labute approximate surface area is 97.9 Å². The fourth-order valence-electron chi connectivity index (χ4n) is 1.83. The predicted octanol–water partition coefficient (Wildman–Crippen LogP) is 2.13. The lowest BCUT2D eigenvalue weighted by atomic mass is 9.55. The molecule has 2 nitrogen and oxygen atoms in total. The summed E-state index contributed by atoms with van der Waals surface area (Å²) < 4.78 is 0. The Morgan fingerprint density at radius 1 is 1.44 bits per heavy atom. The summed E-state index contributed by atoms with van der Waals surface area (Å²) in [4.78, 5) is 11.2. The zero-order valence-electron chi connectivity index (χ0n) is 10.1. The number of rotatable bonds is 5. The summed E-state index contributed by atoms with van der Waals surface area (Å²) in [6, 6.07) is 7.77. The van der Waals surface area contributed by atoms with Crippen LogP contribution in [-0.4, -0.2) is 18.1 Å². The first-order valence-electron chi connectivity index (χ1n) is 5.59. The van der Waals surface area contributed by atoms with Gasteiger partial charge in [-0.05, 0) is 24.2 Å². The SMILES string of the molecule is CC(=O)[B]C(c1cccc(CO)c1)C(C)C. The zero-order chi connectivity index (χ0) is 12.1. The maximum atomic E-state index is 11.2. The van der Waals surface area contributed by atoms with Gasteiger partial charge in [-0.15, -0.1) is 0 Å². The van der Waals surface area contributed by atoms with Crippen molar-refractivity contribution < 1.29 is 9.90 Å². The van der Waals surface area contributed by atoms with Gasteiger partial charge in [0.25, 0.3) is 0 Å². The fraction of sp³-hybridized carbons (Fsp3) is 0.462. The summed E-state index contributed by atoms with van der Waals surface area (Å²) in [5, 5.41) is 9.09. The van der Waals surface area contributed by atoms with Gasteiger partial charge in [-0.1, -0.05) is 43.7 Å². The molecule has 0 fully saturated rings. The summed E-state index contributed by atoms with van der Waals surface area (Å²) in [6.45, 7) is 5.80. The van der Waals surface area contributed by atoms with Crippen LogP contribution < -0.4 is 0 Å². The van der Waals surface area contributed by atoms with E-state index in [0.717, 1.165) is 11.1 Å². The van der Waals surface area contributed by atoms with Gasteiger partial charge in [0, 0.05) is 0 Å². The molecule has 3 heteroatoms. The average molecular weight is 217 g/mol. The van der Waals surface area contributed by atoms with Crippen LogP contribution in [0.5, 0.6) is 0 Å². The molecule has 0 heterocycles. The van der Waals surface area contributed by atoms with E-state index in [2.05, 4.69) is 13.8 Å². The molecule has 1 radical (unpaired) electrons. The summed E-state index contributed by atoms with van der Waals surface area (Å²) in [7, 11) is 1.75. The molecule has 85 valence electrons. The number of carbonyl (C=O) groups excluding carboxylic acids is 1. The van der Waals surface area contributed by atoms with Gasteiger partial charge in [-0.2, -0.15) is 0 Å². The van der Waals surface area contributed by atoms with E-state index in [9.17, 15) is 4.79 Å². The van der Waals surface area contributed by atoms with Gasteiger partial charge in [-0.25, -0.2) is 0 Å². The molecule has 0 bridgehead atoms. The molecule has 0 saturated carbocycles. The van der Waals surface area contributed by atoms with Crippen LogP contribution in [0.4, 0.5) is 0 Å². The third-order valence-corrected chi connectivity index (χ3v) is 2.65. The van der Waals surface area contributed by atoms with Crippen molar-refractivity contribution >= 4 is 13.0 Å². The Bertz CT molecular complexity index is 361. The van der Waals surface area contributed by atoms with Crippen molar-refractivity contribution in [2.45, 2.75) is 33.2 Å². The lowest BCUT2D eigenvalue weighted by Crippen LogP contribution is -2.20. The number of aliphatic hydroxyl groups excluding tert-OH is 1. The number of hydrogen-bond acceptors (Lipinski definition) is 2. The van der Waals surface area contributed by atoms with Gasteiger partial charge in [0.1, 0.15) is 0 Å². The van der Waals surface area contributed by atoms with E-state index in [1.54, 1.807) is 14.2 Å². The van der Waals surface area contributed by atoms with E-state index in [4.69, 9.17) is 5.11 Å². The van der Waals surface area contributed by atoms with E-state index >= 15 is 0 Å². The van der Waals surface area contributed by atoms with E-state index in [0.29, 0.717) is 5.92 Å². The molecule has 0 amide bonds. The quantitative estimate of drug-likeness (QED) is 0.767. The van der Waals surface area contributed by atoms with Crippen molar-refractivity contribution in [2.75, 3.05) is 0 Å². The minimum absolute atomic E-state index is 0.0404. The summed E-state index contributed by atoms with van der Waals surface area (Å²) in [5.74, 6) is 0.502. The fourth-order valence-corrected chi connectivity index (χ4v) is 1.83. The first kappa shape index (κ1) is 13.0. The standard InChI is InChI=1S/C13H18BO2/c1-9(2)13(14-10(3)16)12-6-4-5-11(7-12)8-15/h4-7,9,13,15H,8H2,1-3H3. The lowest BCUT2D eigenvalue weighted by molar-refractivity contribution is -0.110. The first-order chi connectivity index (χ1) is 7.54. The highest BCUT2D eigenvalue weighted by Crippen LogP contribution is 2.24. The van der Waals surface area contributed by atoms with Gasteiger partial charge >= 0.3 is 0 Å². The molecule has 0 saturated heterocycles. The largest absolute Gasteiger partial charge is 0.392 e. The van der Waals surface area contributed by atoms with Crippen LogP contribution in [0.15, 0.2) is 24.3 Å². The van der Waals surface area contributed by atoms with Gasteiger partial charge in [0.05, 0.1) is 12.3 Å². The Hall–Kier alpha value is -1.09. The normalized spacial score (nSPS) is 12.6. The number of hydrogen-bond donors (Lipinski definition) is 1. The van der Waals surface area contributed by atoms with Crippen LogP contribution in [0.25, 0.3) is 0 Å². The second kappa shape index (κ2) is 5.85. The average Bonchev–Trinajstić information content (AvgIpc) is 2.25. The van der Waals surface area contributed by atoms with Crippen LogP contribution in [0.3, 0.4) is 0 Å². The van der Waals surface area contributed by atoms with Crippen molar-refractivity contribution in [1.29, 1.82) is 0 Å². The zero-order valence-corrected chi connectivity index (χ0v) is 10.1. The van der Waals surface area contributed by atoms with Gasteiger partial charge in [0.2, 0.25) is 7.28 Å². The summed E-state index contributed by atoms with van der Waals surface area (Å²) in [5.41, 5.74) is 2.07. The van der Waals surface area contributed by atoms with Crippen molar-refractivity contribution in [3.8, 4) is 0 Å². The third-order valence-electron chi connectivity index (χ3n) is 2.65. The molecular formula is C13H18BO2. The predicted molar refractivity (Wildman–Crippen MR) is 66.4 cm³/mol. The third kappa shape index (κ3) is 3.49. The molecule has 0 aromatic heterocycles. The smallest absolute Gasteiger partial charge is 0.210 e. The molecule has 0 spiro atoms. The molecule has 16 heavy (non-hydrogen) atoms. The Balaban J connectivity index is 2.95. The molecule has 1 rings (SSSR count). The molecule has 1 aromatic carbocycles. The van der Waals surface area contributed by atoms with Gasteiger partial charge in [-0.3, -0.25) is 0 Å². The molecule has 0 aliphatic carbocycles. The number of aliphatic hydroxyl groups is 1. The van der Waals surface area contributed by atoms with E-state index in [1.165, 1.54) is 0 Å². The van der Waals surface area contributed by atoms with E-state index < -0.39 is 0 Å². The molecule has 1 N–H and O–H groups in total. The molecule has 1 aromatic rings. The molecular weight excluding hydrogens is 199 g/mol. The summed E-state index contributed by atoms with van der Waals surface area (Å²) >= 11 is 0. The van der Waals surface area contributed by atoms with E-state index in [1.807, 2.05) is 24.3 Å². The highest BCUT2D eigenvalue weighted by atomic mass is 16.3. The minimum atomic E-state index is 0.0404. The topological polar surface area (TPSA) is 37.3 Å². The molecule has 0 aliphatic rings. The van der Waals surface area contributed by atoms with Crippen molar-refractivity contribution in [2.24, 2.45) is 5.92 Å². The second-order valence-electron chi connectivity index (χ2n) is 4.45. The highest BCUT2D eigenvalue weighted by Gasteiger charge is 2.19. The Morgan fingerprint density at radius 2 is 2.12 bits per heavy atom. The van der Waals surface area contributed by atoms with Crippen LogP contribution in [-0.2, 0) is 11.4 Å². The summed E-state index contributed by atoms with van der Waals surface area (Å²) in [6.07, 6.45) is 0. The molecule has 0 aliphatic heterocycles. The van der Waals surface area contributed by atoms with Crippen LogP contribution in [0.2, 0.25) is 0 Å². The number of carbonyl (C=O) groups is 1. The maximum absolute atomic E-state index is 11.2. The monoisotopic (exact) mass is 217 g/mol. The van der Waals surface area contributed by atoms with Gasteiger partial charge < -0.3 is 9.90 Å². The first-order valence-corrected chi connectivity index (χ1v) is 5.59. The Kier molecular flexibility index (Phi) is 4.75. The lowest BCUT2D eigenvalue weighted by Gasteiger charge is -2.19. The van der Waals surface area contributed by atoms with Crippen molar-refractivity contribution in [1.82, 2.24) is 0 Å². The number of benzene rings is 1. The van der Waals surface area contributed by atoms with Crippen LogP contribution in [0, 0.1) is 5.92 Å².